The van der Waals surface area contributed by atoms with E-state index in [4.69, 9.17) is 32.7 Å². The van der Waals surface area contributed by atoms with E-state index < -0.39 is 0 Å². The highest BCUT2D eigenvalue weighted by Gasteiger charge is 1.85. The van der Waals surface area contributed by atoms with Gasteiger partial charge in [-0.05, 0) is 28.1 Å². The van der Waals surface area contributed by atoms with Crippen LogP contribution in [-0.4, -0.2) is 35.8 Å². The van der Waals surface area contributed by atoms with E-state index in [1.54, 1.807) is 12.4 Å². The Balaban J connectivity index is 0. The number of halogens is 3. The van der Waals surface area contributed by atoms with Crippen LogP contribution in [0, 0.1) is 0 Å². The van der Waals surface area contributed by atoms with Crippen LogP contribution in [0.15, 0.2) is 24.5 Å². The minimum atomic E-state index is 0.375. The SMILES string of the molecule is BrCOc1cccnc1.COC=O.ClCCCl. The van der Waals surface area contributed by atoms with Crippen molar-refractivity contribution in [1.82, 2.24) is 4.98 Å². The minimum Gasteiger partial charge on any atom is -0.481 e. The van der Waals surface area contributed by atoms with Gasteiger partial charge >= 0.3 is 0 Å². The predicted octanol–water partition coefficient (Wildman–Crippen LogP) is 3.07. The Labute approximate surface area is 119 Å². The zero-order valence-electron chi connectivity index (χ0n) is 9.31. The smallest absolute Gasteiger partial charge is 0.292 e. The molecule has 0 saturated heterocycles. The fraction of sp³-hybridized carbons (Fsp3) is 0.400. The molecule has 98 valence electrons. The summed E-state index contributed by atoms with van der Waals surface area (Å²) in [6.07, 6.45) is 3.38. The number of carbonyl (C=O) groups excluding carboxylic acids is 1. The van der Waals surface area contributed by atoms with E-state index in [0.717, 1.165) is 5.75 Å². The lowest BCUT2D eigenvalue weighted by atomic mass is 10.5. The monoisotopic (exact) mass is 345 g/mol. The largest absolute Gasteiger partial charge is 0.481 e. The van der Waals surface area contributed by atoms with Crippen LogP contribution in [-0.2, 0) is 9.53 Å². The average Bonchev–Trinajstić information content (AvgIpc) is 2.41. The van der Waals surface area contributed by atoms with E-state index in [2.05, 4.69) is 25.7 Å². The van der Waals surface area contributed by atoms with Gasteiger partial charge < -0.3 is 9.47 Å². The summed E-state index contributed by atoms with van der Waals surface area (Å²) in [5, 5.41) is 0. The van der Waals surface area contributed by atoms with Gasteiger partial charge in [0.2, 0.25) is 0 Å². The summed E-state index contributed by atoms with van der Waals surface area (Å²) in [6, 6.07) is 3.69. The van der Waals surface area contributed by atoms with E-state index in [9.17, 15) is 0 Å². The van der Waals surface area contributed by atoms with E-state index in [1.807, 2.05) is 12.1 Å². The standard InChI is InChI=1S/C6H6BrNO.C2H4Cl2.C2H4O2/c7-5-9-6-2-1-3-8-4-6;3-1-2-4;1-4-2-3/h1-4H,5H2;1-2H2;2H,1H3. The molecule has 4 nitrogen and oxygen atoms in total. The summed E-state index contributed by atoms with van der Waals surface area (Å²) in [5.41, 5.74) is 0.513. The molecular formula is C10H14BrCl2NO3. The molecular weight excluding hydrogens is 333 g/mol. The highest BCUT2D eigenvalue weighted by molar-refractivity contribution is 9.09. The summed E-state index contributed by atoms with van der Waals surface area (Å²) < 4.78 is 8.92. The van der Waals surface area contributed by atoms with Crippen molar-refractivity contribution in [2.45, 2.75) is 0 Å². The molecule has 0 atom stereocenters. The molecule has 0 unspecified atom stereocenters. The zero-order chi connectivity index (χ0) is 13.4. The number of ether oxygens (including phenoxy) is 2. The van der Waals surface area contributed by atoms with Crippen LogP contribution >= 0.6 is 39.1 Å². The summed E-state index contributed by atoms with van der Waals surface area (Å²) in [6.45, 7) is 0.375. The Hall–Kier alpha value is -0.520. The van der Waals surface area contributed by atoms with Crippen LogP contribution in [0.2, 0.25) is 0 Å². The first-order valence-corrected chi connectivity index (χ1v) is 6.63. The molecule has 0 aromatic carbocycles. The number of carbonyl (C=O) groups is 1. The van der Waals surface area contributed by atoms with Crippen LogP contribution in [0.3, 0.4) is 0 Å². The van der Waals surface area contributed by atoms with Gasteiger partial charge in [0, 0.05) is 18.0 Å². The van der Waals surface area contributed by atoms with Crippen molar-refractivity contribution in [3.63, 3.8) is 0 Å². The summed E-state index contributed by atoms with van der Waals surface area (Å²) >= 11 is 13.2. The first-order chi connectivity index (χ1) is 8.26. The molecule has 0 fully saturated rings. The first-order valence-electron chi connectivity index (χ1n) is 4.43. The van der Waals surface area contributed by atoms with Crippen molar-refractivity contribution in [2.75, 3.05) is 24.4 Å². The molecule has 0 spiro atoms. The topological polar surface area (TPSA) is 48.4 Å². The van der Waals surface area contributed by atoms with E-state index >= 15 is 0 Å². The second-order valence-electron chi connectivity index (χ2n) is 2.15. The third kappa shape index (κ3) is 18.1. The number of alkyl halides is 3. The molecule has 0 aliphatic carbocycles. The average molecular weight is 347 g/mol. The minimum absolute atomic E-state index is 0.375. The fourth-order valence-corrected chi connectivity index (χ4v) is 0.760. The lowest BCUT2D eigenvalue weighted by molar-refractivity contribution is -0.126. The number of aromatic nitrogens is 1. The number of nitrogens with zero attached hydrogens (tertiary/aromatic N) is 1. The van der Waals surface area contributed by atoms with Gasteiger partial charge in [0.15, 0.2) is 0 Å². The number of pyridine rings is 1. The third-order valence-electron chi connectivity index (χ3n) is 1.02. The Morgan fingerprint density at radius 3 is 2.35 bits per heavy atom. The highest BCUT2D eigenvalue weighted by Crippen LogP contribution is 2.06. The van der Waals surface area contributed by atoms with Crippen molar-refractivity contribution < 1.29 is 14.3 Å². The van der Waals surface area contributed by atoms with Crippen LogP contribution in [0.5, 0.6) is 5.75 Å². The van der Waals surface area contributed by atoms with Crippen LogP contribution in [0.25, 0.3) is 0 Å². The molecule has 1 aromatic heterocycles. The predicted molar refractivity (Wildman–Crippen MR) is 73.2 cm³/mol. The van der Waals surface area contributed by atoms with Gasteiger partial charge in [-0.1, -0.05) is 0 Å². The molecule has 1 rings (SSSR count). The van der Waals surface area contributed by atoms with Crippen LogP contribution in [0.4, 0.5) is 0 Å². The maximum absolute atomic E-state index is 8.95. The van der Waals surface area contributed by atoms with Crippen molar-refractivity contribution in [3.8, 4) is 5.75 Å². The second kappa shape index (κ2) is 17.9. The van der Waals surface area contributed by atoms with Gasteiger partial charge in [0.25, 0.3) is 6.47 Å². The summed E-state index contributed by atoms with van der Waals surface area (Å²) in [4.78, 5) is 12.8. The van der Waals surface area contributed by atoms with Gasteiger partial charge in [0.1, 0.15) is 11.3 Å². The molecule has 7 heteroatoms. The van der Waals surface area contributed by atoms with Gasteiger partial charge in [-0.2, -0.15) is 0 Å². The third-order valence-corrected chi connectivity index (χ3v) is 1.82. The Kier molecular flexibility index (Phi) is 19.8. The van der Waals surface area contributed by atoms with Gasteiger partial charge in [0.05, 0.1) is 13.3 Å². The highest BCUT2D eigenvalue weighted by atomic mass is 79.9. The van der Waals surface area contributed by atoms with Crippen molar-refractivity contribution >= 4 is 45.6 Å². The lowest BCUT2D eigenvalue weighted by Gasteiger charge is -1.97. The molecule has 0 aliphatic rings. The Morgan fingerprint density at radius 1 is 1.47 bits per heavy atom. The molecule has 1 aromatic rings. The van der Waals surface area contributed by atoms with Gasteiger partial charge in [-0.3, -0.25) is 9.78 Å². The quantitative estimate of drug-likeness (QED) is 0.621. The molecule has 1 heterocycles. The first kappa shape index (κ1) is 18.8. The molecule has 0 radical (unpaired) electrons. The normalized spacial score (nSPS) is 7.76. The summed E-state index contributed by atoms with van der Waals surface area (Å²) in [7, 11) is 1.31. The van der Waals surface area contributed by atoms with E-state index in [0.29, 0.717) is 23.7 Å². The van der Waals surface area contributed by atoms with E-state index in [-0.39, 0.29) is 0 Å². The van der Waals surface area contributed by atoms with E-state index in [1.165, 1.54) is 7.11 Å². The second-order valence-corrected chi connectivity index (χ2v) is 3.37. The number of hydrogen-bond donors (Lipinski definition) is 0. The molecule has 0 bridgehead atoms. The van der Waals surface area contributed by atoms with Crippen LogP contribution < -0.4 is 4.74 Å². The number of hydrogen-bond acceptors (Lipinski definition) is 4. The Bertz CT molecular complexity index is 251. The molecule has 0 aliphatic heterocycles. The van der Waals surface area contributed by atoms with Crippen molar-refractivity contribution in [2.24, 2.45) is 0 Å². The molecule has 0 saturated carbocycles. The van der Waals surface area contributed by atoms with Gasteiger partial charge in [-0.25, -0.2) is 0 Å². The maximum atomic E-state index is 8.95. The molecule has 0 amide bonds. The molecule has 17 heavy (non-hydrogen) atoms. The number of methoxy groups -OCH3 is 1. The number of rotatable bonds is 4. The maximum Gasteiger partial charge on any atom is 0.292 e. The van der Waals surface area contributed by atoms with Crippen LogP contribution in [0.1, 0.15) is 0 Å². The summed E-state index contributed by atoms with van der Waals surface area (Å²) in [5.74, 6) is 1.90. The molecule has 0 N–H and O–H groups in total. The zero-order valence-corrected chi connectivity index (χ0v) is 12.4. The van der Waals surface area contributed by atoms with Crippen molar-refractivity contribution in [3.05, 3.63) is 24.5 Å². The fourth-order valence-electron chi connectivity index (χ4n) is 0.495. The lowest BCUT2D eigenvalue weighted by Crippen LogP contribution is -1.87. The van der Waals surface area contributed by atoms with Gasteiger partial charge in [-0.15, -0.1) is 23.2 Å². The van der Waals surface area contributed by atoms with Crippen molar-refractivity contribution in [1.29, 1.82) is 0 Å². The Morgan fingerprint density at radius 2 is 2.06 bits per heavy atom.